The van der Waals surface area contributed by atoms with E-state index in [2.05, 4.69) is 26.8 Å². The summed E-state index contributed by atoms with van der Waals surface area (Å²) in [5, 5.41) is 0. The topological polar surface area (TPSA) is 97.6 Å². The highest BCUT2D eigenvalue weighted by atomic mass is 79.9. The van der Waals surface area contributed by atoms with Crippen molar-refractivity contribution in [2.24, 2.45) is 0 Å². The summed E-state index contributed by atoms with van der Waals surface area (Å²) in [6.45, 7) is -0.524. The number of benzene rings is 1. The van der Waals surface area contributed by atoms with E-state index in [-0.39, 0.29) is 5.76 Å². The zero-order chi connectivity index (χ0) is 15.9. The maximum absolute atomic E-state index is 11.7. The van der Waals surface area contributed by atoms with Crippen LogP contribution in [0.25, 0.3) is 0 Å². The Morgan fingerprint density at radius 1 is 1.14 bits per heavy atom. The number of carbonyl (C=O) groups excluding carboxylic acids is 3. The predicted molar refractivity (Wildman–Crippen MR) is 78.7 cm³/mol. The van der Waals surface area contributed by atoms with Crippen molar-refractivity contribution < 1.29 is 23.5 Å². The molecule has 0 saturated carbocycles. The number of amides is 2. The minimum Gasteiger partial charge on any atom is -0.459 e. The number of hydrogen-bond donors (Lipinski definition) is 2. The van der Waals surface area contributed by atoms with E-state index in [1.807, 2.05) is 0 Å². The van der Waals surface area contributed by atoms with Crippen LogP contribution in [-0.2, 0) is 9.53 Å². The molecular weight excluding hydrogens is 356 g/mol. The summed E-state index contributed by atoms with van der Waals surface area (Å²) in [5.41, 5.74) is 4.54. The van der Waals surface area contributed by atoms with Gasteiger partial charge >= 0.3 is 11.9 Å². The summed E-state index contributed by atoms with van der Waals surface area (Å²) >= 11 is 3.23. The lowest BCUT2D eigenvalue weighted by atomic mass is 10.2. The van der Waals surface area contributed by atoms with E-state index >= 15 is 0 Å². The average Bonchev–Trinajstić information content (AvgIpc) is 3.04. The number of nitrogens with one attached hydrogen (secondary N) is 2. The third-order valence-corrected chi connectivity index (χ3v) is 2.95. The molecule has 8 heteroatoms. The normalized spacial score (nSPS) is 9.86. The van der Waals surface area contributed by atoms with Crippen LogP contribution in [0.3, 0.4) is 0 Å². The first-order valence-corrected chi connectivity index (χ1v) is 6.91. The van der Waals surface area contributed by atoms with E-state index in [0.717, 1.165) is 4.47 Å². The molecule has 1 aromatic carbocycles. The van der Waals surface area contributed by atoms with Gasteiger partial charge in [0.25, 0.3) is 5.91 Å². The number of hydrazine groups is 1. The highest BCUT2D eigenvalue weighted by Crippen LogP contribution is 2.12. The Hall–Kier alpha value is -2.61. The molecule has 2 rings (SSSR count). The summed E-state index contributed by atoms with van der Waals surface area (Å²) < 4.78 is 10.4. The molecule has 114 valence electrons. The molecule has 1 heterocycles. The van der Waals surface area contributed by atoms with Gasteiger partial charge in [-0.3, -0.25) is 20.4 Å². The van der Waals surface area contributed by atoms with Crippen molar-refractivity contribution in [2.45, 2.75) is 0 Å². The maximum Gasteiger partial charge on any atom is 0.338 e. The van der Waals surface area contributed by atoms with Gasteiger partial charge < -0.3 is 9.15 Å². The number of furan rings is 1. The first-order chi connectivity index (χ1) is 10.6. The Morgan fingerprint density at radius 2 is 1.95 bits per heavy atom. The van der Waals surface area contributed by atoms with Gasteiger partial charge in [-0.15, -0.1) is 0 Å². The van der Waals surface area contributed by atoms with Crippen molar-refractivity contribution in [3.8, 4) is 0 Å². The van der Waals surface area contributed by atoms with Crippen LogP contribution in [0.5, 0.6) is 0 Å². The Labute approximate surface area is 133 Å². The third-order valence-electron chi connectivity index (χ3n) is 2.46. The fraction of sp³-hybridized carbons (Fsp3) is 0.0714. The summed E-state index contributed by atoms with van der Waals surface area (Å²) in [5.74, 6) is -1.89. The van der Waals surface area contributed by atoms with Gasteiger partial charge in [-0.25, -0.2) is 4.79 Å². The van der Waals surface area contributed by atoms with Crippen molar-refractivity contribution in [1.29, 1.82) is 0 Å². The van der Waals surface area contributed by atoms with E-state index < -0.39 is 24.4 Å². The van der Waals surface area contributed by atoms with Crippen LogP contribution in [0.2, 0.25) is 0 Å². The van der Waals surface area contributed by atoms with Crippen molar-refractivity contribution in [2.75, 3.05) is 6.61 Å². The molecule has 0 aliphatic rings. The highest BCUT2D eigenvalue weighted by molar-refractivity contribution is 9.10. The molecule has 0 fully saturated rings. The second-order valence-corrected chi connectivity index (χ2v) is 4.98. The van der Waals surface area contributed by atoms with Gasteiger partial charge in [-0.1, -0.05) is 22.0 Å². The molecule has 1 aromatic heterocycles. The standard InChI is InChI=1S/C14H11BrN2O5/c15-10-4-1-3-9(7-10)14(20)22-8-12(18)16-17-13(19)11-5-2-6-21-11/h1-7H,8H2,(H,16,18)(H,17,19). The van der Waals surface area contributed by atoms with Crippen LogP contribution in [0.15, 0.2) is 51.6 Å². The highest BCUT2D eigenvalue weighted by Gasteiger charge is 2.12. The van der Waals surface area contributed by atoms with Gasteiger partial charge in [0.2, 0.25) is 0 Å². The molecule has 0 unspecified atom stereocenters. The fourth-order valence-corrected chi connectivity index (χ4v) is 1.86. The van der Waals surface area contributed by atoms with E-state index in [4.69, 9.17) is 9.15 Å². The SMILES string of the molecule is O=C(COC(=O)c1cccc(Br)c1)NNC(=O)c1ccco1. The zero-order valence-corrected chi connectivity index (χ0v) is 12.8. The largest absolute Gasteiger partial charge is 0.459 e. The predicted octanol–water partition coefficient (Wildman–Crippen LogP) is 1.66. The third kappa shape index (κ3) is 4.45. The van der Waals surface area contributed by atoms with E-state index in [1.54, 1.807) is 24.3 Å². The summed E-state index contributed by atoms with van der Waals surface area (Å²) in [7, 11) is 0. The first-order valence-electron chi connectivity index (χ1n) is 6.11. The number of esters is 1. The number of hydrogen-bond acceptors (Lipinski definition) is 5. The van der Waals surface area contributed by atoms with Gasteiger partial charge in [0.1, 0.15) is 0 Å². The number of ether oxygens (including phenoxy) is 1. The van der Waals surface area contributed by atoms with Crippen LogP contribution < -0.4 is 10.9 Å². The minimum absolute atomic E-state index is 0.0476. The van der Waals surface area contributed by atoms with Crippen LogP contribution >= 0.6 is 15.9 Å². The summed E-state index contributed by atoms with van der Waals surface area (Å²) in [4.78, 5) is 34.7. The van der Waals surface area contributed by atoms with Gasteiger partial charge in [0, 0.05) is 4.47 Å². The van der Waals surface area contributed by atoms with E-state index in [1.165, 1.54) is 18.4 Å². The lowest BCUT2D eigenvalue weighted by Gasteiger charge is -2.07. The molecule has 0 aliphatic heterocycles. The van der Waals surface area contributed by atoms with Gasteiger partial charge in [-0.05, 0) is 30.3 Å². The number of rotatable bonds is 4. The molecule has 2 amide bonds. The van der Waals surface area contributed by atoms with Crippen molar-refractivity contribution in [1.82, 2.24) is 10.9 Å². The lowest BCUT2D eigenvalue weighted by Crippen LogP contribution is -2.43. The molecule has 0 aliphatic carbocycles. The van der Waals surface area contributed by atoms with Gasteiger partial charge in [0.05, 0.1) is 11.8 Å². The van der Waals surface area contributed by atoms with Crippen LogP contribution in [0.1, 0.15) is 20.9 Å². The van der Waals surface area contributed by atoms with Crippen molar-refractivity contribution in [3.05, 3.63) is 58.5 Å². The molecule has 0 spiro atoms. The number of halogens is 1. The minimum atomic E-state index is -0.678. The fourth-order valence-electron chi connectivity index (χ4n) is 1.46. The molecule has 22 heavy (non-hydrogen) atoms. The van der Waals surface area contributed by atoms with Crippen LogP contribution in [0.4, 0.5) is 0 Å². The zero-order valence-electron chi connectivity index (χ0n) is 11.2. The Bertz CT molecular complexity index is 684. The average molecular weight is 367 g/mol. The quantitative estimate of drug-likeness (QED) is 0.633. The first kappa shape index (κ1) is 15.8. The Kier molecular flexibility index (Phi) is 5.31. The van der Waals surface area contributed by atoms with Gasteiger partial charge in [0.15, 0.2) is 12.4 Å². The maximum atomic E-state index is 11.7. The smallest absolute Gasteiger partial charge is 0.338 e. The lowest BCUT2D eigenvalue weighted by molar-refractivity contribution is -0.125. The molecule has 2 N–H and O–H groups in total. The van der Waals surface area contributed by atoms with E-state index in [9.17, 15) is 14.4 Å². The molecule has 0 saturated heterocycles. The van der Waals surface area contributed by atoms with Crippen molar-refractivity contribution >= 4 is 33.7 Å². The summed E-state index contributed by atoms with van der Waals surface area (Å²) in [6.07, 6.45) is 1.33. The molecule has 0 radical (unpaired) electrons. The van der Waals surface area contributed by atoms with Crippen LogP contribution in [-0.4, -0.2) is 24.4 Å². The molecule has 2 aromatic rings. The monoisotopic (exact) mass is 366 g/mol. The second kappa shape index (κ2) is 7.41. The molecular formula is C14H11BrN2O5. The Morgan fingerprint density at radius 3 is 2.64 bits per heavy atom. The molecule has 0 bridgehead atoms. The molecule has 7 nitrogen and oxygen atoms in total. The Balaban J connectivity index is 1.76. The van der Waals surface area contributed by atoms with Gasteiger partial charge in [-0.2, -0.15) is 0 Å². The van der Waals surface area contributed by atoms with Crippen LogP contribution in [0, 0.1) is 0 Å². The number of carbonyl (C=O) groups is 3. The van der Waals surface area contributed by atoms with E-state index in [0.29, 0.717) is 5.56 Å². The van der Waals surface area contributed by atoms with Crippen molar-refractivity contribution in [3.63, 3.8) is 0 Å². The second-order valence-electron chi connectivity index (χ2n) is 4.07. The summed E-state index contributed by atoms with van der Waals surface area (Å²) in [6, 6.07) is 9.53. The molecule has 0 atom stereocenters.